The number of methoxy groups -OCH3 is 1. The third kappa shape index (κ3) is 4.37. The van der Waals surface area contributed by atoms with Crippen molar-refractivity contribution in [3.8, 4) is 5.75 Å². The van der Waals surface area contributed by atoms with E-state index in [9.17, 15) is 14.4 Å². The molecule has 0 unspecified atom stereocenters. The summed E-state index contributed by atoms with van der Waals surface area (Å²) < 4.78 is 5.06. The fraction of sp³-hybridized carbons (Fsp3) is 0.167. The topological polar surface area (TPSA) is 75.7 Å². The highest BCUT2D eigenvalue weighted by molar-refractivity contribution is 8.14. The number of imide groups is 1. The number of thioether (sulfide) groups is 1. The van der Waals surface area contributed by atoms with E-state index in [4.69, 9.17) is 27.9 Å². The summed E-state index contributed by atoms with van der Waals surface area (Å²) in [4.78, 5) is 36.9. The van der Waals surface area contributed by atoms with Gasteiger partial charge in [-0.25, -0.2) is 0 Å². The Bertz CT molecular complexity index is 879. The molecule has 0 radical (unpaired) electrons. The van der Waals surface area contributed by atoms with Crippen LogP contribution in [-0.4, -0.2) is 34.8 Å². The minimum absolute atomic E-state index is 0.181. The Hall–Kier alpha value is -2.22. The molecular weight excluding hydrogens is 411 g/mol. The lowest BCUT2D eigenvalue weighted by Crippen LogP contribution is -2.27. The van der Waals surface area contributed by atoms with Crippen LogP contribution in [0.3, 0.4) is 0 Å². The molecule has 0 aliphatic carbocycles. The van der Waals surface area contributed by atoms with Crippen molar-refractivity contribution in [2.24, 2.45) is 0 Å². The molecule has 6 nitrogen and oxygen atoms in total. The van der Waals surface area contributed by atoms with E-state index in [0.717, 1.165) is 17.3 Å². The predicted octanol–water partition coefficient (Wildman–Crippen LogP) is 4.45. The van der Waals surface area contributed by atoms with Gasteiger partial charge < -0.3 is 10.1 Å². The molecule has 0 aromatic heterocycles. The van der Waals surface area contributed by atoms with E-state index >= 15 is 0 Å². The molecule has 3 rings (SSSR count). The van der Waals surface area contributed by atoms with Crippen LogP contribution in [0.25, 0.3) is 0 Å². The Morgan fingerprint density at radius 3 is 2.33 bits per heavy atom. The molecular formula is C18H14Cl2N2O4S. The van der Waals surface area contributed by atoms with Crippen molar-refractivity contribution in [3.05, 3.63) is 57.6 Å². The Morgan fingerprint density at radius 1 is 1.19 bits per heavy atom. The third-order valence-electron chi connectivity index (χ3n) is 3.86. The van der Waals surface area contributed by atoms with Crippen LogP contribution >= 0.6 is 35.0 Å². The van der Waals surface area contributed by atoms with E-state index in [1.165, 1.54) is 24.1 Å². The first-order valence-electron chi connectivity index (χ1n) is 7.79. The molecule has 0 bridgehead atoms. The number of nitrogens with one attached hydrogen (secondary N) is 1. The zero-order chi connectivity index (χ0) is 19.6. The van der Waals surface area contributed by atoms with Gasteiger partial charge in [-0.15, -0.1) is 0 Å². The summed E-state index contributed by atoms with van der Waals surface area (Å²) in [5.74, 6) is -0.0884. The maximum atomic E-state index is 12.4. The number of hydrogen-bond acceptors (Lipinski definition) is 5. The largest absolute Gasteiger partial charge is 0.494 e. The van der Waals surface area contributed by atoms with Crippen molar-refractivity contribution < 1.29 is 19.1 Å². The molecule has 140 valence electrons. The molecule has 9 heteroatoms. The summed E-state index contributed by atoms with van der Waals surface area (Å²) >= 11 is 13.1. The Morgan fingerprint density at radius 2 is 1.81 bits per heavy atom. The molecule has 1 saturated heterocycles. The van der Waals surface area contributed by atoms with Gasteiger partial charge in [0.1, 0.15) is 0 Å². The van der Waals surface area contributed by atoms with Crippen molar-refractivity contribution >= 4 is 57.7 Å². The van der Waals surface area contributed by atoms with Crippen molar-refractivity contribution in [2.45, 2.75) is 6.54 Å². The van der Waals surface area contributed by atoms with Crippen molar-refractivity contribution in [2.75, 3.05) is 18.2 Å². The predicted molar refractivity (Wildman–Crippen MR) is 106 cm³/mol. The van der Waals surface area contributed by atoms with Gasteiger partial charge in [-0.05, 0) is 29.8 Å². The summed E-state index contributed by atoms with van der Waals surface area (Å²) in [6.45, 7) is 0.211. The summed E-state index contributed by atoms with van der Waals surface area (Å²) in [6, 6.07) is 9.81. The van der Waals surface area contributed by atoms with Gasteiger partial charge in [0.2, 0.25) is 5.91 Å². The van der Waals surface area contributed by atoms with Crippen molar-refractivity contribution in [1.29, 1.82) is 0 Å². The third-order valence-corrected chi connectivity index (χ3v) is 5.28. The molecule has 0 spiro atoms. The van der Waals surface area contributed by atoms with Crippen LogP contribution in [0.2, 0.25) is 10.0 Å². The lowest BCUT2D eigenvalue weighted by atomic mass is 10.1. The number of amides is 3. The molecule has 0 atom stereocenters. The van der Waals surface area contributed by atoms with Gasteiger partial charge in [0.05, 0.1) is 29.5 Å². The van der Waals surface area contributed by atoms with Crippen molar-refractivity contribution in [1.82, 2.24) is 4.90 Å². The SMILES string of the molecule is COc1c(Cl)cc(C(=O)Nc2ccc(CN3C(=O)CSC3=O)cc2)cc1Cl. The molecule has 2 aromatic carbocycles. The lowest BCUT2D eigenvalue weighted by molar-refractivity contribution is -0.125. The zero-order valence-electron chi connectivity index (χ0n) is 14.1. The van der Waals surface area contributed by atoms with Crippen LogP contribution in [0.4, 0.5) is 10.5 Å². The van der Waals surface area contributed by atoms with Gasteiger partial charge in [-0.3, -0.25) is 19.3 Å². The van der Waals surface area contributed by atoms with E-state index in [0.29, 0.717) is 17.0 Å². The zero-order valence-corrected chi connectivity index (χ0v) is 16.5. The number of benzene rings is 2. The van der Waals surface area contributed by atoms with Crippen LogP contribution in [-0.2, 0) is 11.3 Å². The van der Waals surface area contributed by atoms with Gasteiger partial charge >= 0.3 is 0 Å². The van der Waals surface area contributed by atoms with Crippen LogP contribution in [0.15, 0.2) is 36.4 Å². The van der Waals surface area contributed by atoms with E-state index in [2.05, 4.69) is 5.32 Å². The summed E-state index contributed by atoms with van der Waals surface area (Å²) in [7, 11) is 1.44. The minimum Gasteiger partial charge on any atom is -0.494 e. The second-order valence-electron chi connectivity index (χ2n) is 5.66. The number of hydrogen-bond donors (Lipinski definition) is 1. The van der Waals surface area contributed by atoms with E-state index in [-0.39, 0.29) is 39.4 Å². The second-order valence-corrected chi connectivity index (χ2v) is 7.40. The first kappa shape index (κ1) is 19.5. The van der Waals surface area contributed by atoms with E-state index < -0.39 is 0 Å². The smallest absolute Gasteiger partial charge is 0.289 e. The monoisotopic (exact) mass is 424 g/mol. The highest BCUT2D eigenvalue weighted by Gasteiger charge is 2.29. The molecule has 3 amide bonds. The van der Waals surface area contributed by atoms with Gasteiger partial charge in [0, 0.05) is 11.3 Å². The van der Waals surface area contributed by atoms with E-state index in [1.807, 2.05) is 0 Å². The van der Waals surface area contributed by atoms with Crippen molar-refractivity contribution in [3.63, 3.8) is 0 Å². The van der Waals surface area contributed by atoms with Crippen LogP contribution in [0.5, 0.6) is 5.75 Å². The van der Waals surface area contributed by atoms with E-state index in [1.54, 1.807) is 24.3 Å². The molecule has 1 fully saturated rings. The van der Waals surface area contributed by atoms with Gasteiger partial charge in [-0.2, -0.15) is 0 Å². The molecule has 1 aliphatic heterocycles. The molecule has 1 N–H and O–H groups in total. The maximum Gasteiger partial charge on any atom is 0.289 e. The lowest BCUT2D eigenvalue weighted by Gasteiger charge is -2.13. The molecule has 27 heavy (non-hydrogen) atoms. The normalized spacial score (nSPS) is 13.8. The maximum absolute atomic E-state index is 12.4. The highest BCUT2D eigenvalue weighted by atomic mass is 35.5. The van der Waals surface area contributed by atoms with Crippen LogP contribution in [0.1, 0.15) is 15.9 Å². The quantitative estimate of drug-likeness (QED) is 0.766. The van der Waals surface area contributed by atoms with Gasteiger partial charge in [0.25, 0.3) is 11.1 Å². The van der Waals surface area contributed by atoms with Gasteiger partial charge in [0.15, 0.2) is 5.75 Å². The fourth-order valence-electron chi connectivity index (χ4n) is 2.50. The summed E-state index contributed by atoms with van der Waals surface area (Å²) in [5.41, 5.74) is 1.63. The Balaban J connectivity index is 1.68. The standard InChI is InChI=1S/C18H14Cl2N2O4S/c1-26-16-13(19)6-11(7-14(16)20)17(24)21-12-4-2-10(3-5-12)8-22-15(23)9-27-18(22)25/h2-7H,8-9H2,1H3,(H,21,24). The van der Waals surface area contributed by atoms with Gasteiger partial charge in [-0.1, -0.05) is 47.1 Å². The highest BCUT2D eigenvalue weighted by Crippen LogP contribution is 2.34. The average molecular weight is 425 g/mol. The number of carbonyl (C=O) groups is 3. The summed E-state index contributed by atoms with van der Waals surface area (Å²) in [5, 5.41) is 2.97. The fourth-order valence-corrected chi connectivity index (χ4v) is 3.87. The number of nitrogens with zero attached hydrogens (tertiary/aromatic N) is 1. The number of carbonyl (C=O) groups excluding carboxylic acids is 3. The van der Waals surface area contributed by atoms with Crippen LogP contribution < -0.4 is 10.1 Å². The first-order valence-corrected chi connectivity index (χ1v) is 9.53. The molecule has 0 saturated carbocycles. The number of halogens is 2. The summed E-state index contributed by atoms with van der Waals surface area (Å²) in [6.07, 6.45) is 0. The minimum atomic E-state index is -0.379. The van der Waals surface area contributed by atoms with Crippen LogP contribution in [0, 0.1) is 0 Å². The first-order chi connectivity index (χ1) is 12.9. The second kappa shape index (κ2) is 8.21. The average Bonchev–Trinajstić information content (AvgIpc) is 2.95. The Labute approximate surface area is 169 Å². The molecule has 2 aromatic rings. The molecule has 1 heterocycles. The number of ether oxygens (including phenoxy) is 1. The number of anilines is 1. The number of rotatable bonds is 5. The Kier molecular flexibility index (Phi) is 5.94. The molecule has 1 aliphatic rings.